The molecule has 4 heterocycles. The predicted molar refractivity (Wildman–Crippen MR) is 96.5 cm³/mol. The van der Waals surface area contributed by atoms with E-state index in [1.807, 2.05) is 23.6 Å². The predicted octanol–water partition coefficient (Wildman–Crippen LogP) is 1.53. The maximum absolute atomic E-state index is 12.6. The third-order valence-corrected chi connectivity index (χ3v) is 5.99. The Morgan fingerprint density at radius 3 is 2.70 bits per heavy atom. The molecule has 2 aliphatic heterocycles. The third kappa shape index (κ3) is 3.48. The molecule has 0 bridgehead atoms. The van der Waals surface area contributed by atoms with E-state index in [2.05, 4.69) is 10.1 Å². The molecular weight excluding hydrogens is 346 g/mol. The summed E-state index contributed by atoms with van der Waals surface area (Å²) in [4.78, 5) is 32.9. The van der Waals surface area contributed by atoms with Crippen molar-refractivity contribution in [3.8, 4) is 0 Å². The highest BCUT2D eigenvalue weighted by atomic mass is 16.5. The number of amides is 2. The number of aromatic nitrogens is 3. The average Bonchev–Trinajstić information content (AvgIpc) is 3.33. The van der Waals surface area contributed by atoms with Gasteiger partial charge in [-0.15, -0.1) is 0 Å². The molecule has 2 saturated heterocycles. The van der Waals surface area contributed by atoms with Crippen molar-refractivity contribution >= 4 is 11.8 Å². The molecule has 1 spiro atoms. The standard InChI is InChI=1S/C19H25N5O3/c1-14-16(15(2)27-21-14)10-24-12-19(9-17(24)25)3-6-23(7-4-19)18(26)11-22-8-5-20-13-22/h5,8,13H,3-4,6-7,9-12H2,1-2H3. The first-order valence-corrected chi connectivity index (χ1v) is 9.39. The number of imidazole rings is 1. The molecule has 0 atom stereocenters. The highest BCUT2D eigenvalue weighted by molar-refractivity contribution is 5.80. The van der Waals surface area contributed by atoms with Gasteiger partial charge in [0, 0.05) is 49.4 Å². The van der Waals surface area contributed by atoms with Crippen LogP contribution in [0, 0.1) is 19.3 Å². The van der Waals surface area contributed by atoms with E-state index in [0.717, 1.165) is 36.4 Å². The molecule has 0 radical (unpaired) electrons. The lowest BCUT2D eigenvalue weighted by Crippen LogP contribution is -2.45. The summed E-state index contributed by atoms with van der Waals surface area (Å²) in [7, 11) is 0. The minimum atomic E-state index is -0.0121. The molecule has 2 amide bonds. The summed E-state index contributed by atoms with van der Waals surface area (Å²) in [5, 5.41) is 3.98. The molecule has 0 N–H and O–H groups in total. The van der Waals surface area contributed by atoms with Crippen molar-refractivity contribution in [3.63, 3.8) is 0 Å². The molecule has 2 aliphatic rings. The van der Waals surface area contributed by atoms with Crippen molar-refractivity contribution in [1.29, 1.82) is 0 Å². The summed E-state index contributed by atoms with van der Waals surface area (Å²) in [6.07, 6.45) is 7.44. The highest BCUT2D eigenvalue weighted by Gasteiger charge is 2.45. The molecule has 0 aromatic carbocycles. The normalized spacial score (nSPS) is 19.3. The third-order valence-electron chi connectivity index (χ3n) is 5.99. The fourth-order valence-electron chi connectivity index (χ4n) is 4.25. The van der Waals surface area contributed by atoms with Gasteiger partial charge in [-0.05, 0) is 26.7 Å². The van der Waals surface area contributed by atoms with E-state index < -0.39 is 0 Å². The lowest BCUT2D eigenvalue weighted by molar-refractivity contribution is -0.134. The molecule has 8 heteroatoms. The maximum Gasteiger partial charge on any atom is 0.242 e. The van der Waals surface area contributed by atoms with Crippen LogP contribution < -0.4 is 0 Å². The summed E-state index contributed by atoms with van der Waals surface area (Å²) in [5.74, 6) is 1.08. The second-order valence-corrected chi connectivity index (χ2v) is 7.85. The van der Waals surface area contributed by atoms with Crippen molar-refractivity contribution in [3.05, 3.63) is 35.7 Å². The van der Waals surface area contributed by atoms with Crippen LogP contribution in [0.5, 0.6) is 0 Å². The Hall–Kier alpha value is -2.64. The summed E-state index contributed by atoms with van der Waals surface area (Å²) in [6.45, 7) is 6.84. The Labute approximate surface area is 158 Å². The highest BCUT2D eigenvalue weighted by Crippen LogP contribution is 2.41. The van der Waals surface area contributed by atoms with Gasteiger partial charge in [-0.1, -0.05) is 5.16 Å². The first-order valence-electron chi connectivity index (χ1n) is 9.39. The number of hydrogen-bond donors (Lipinski definition) is 0. The molecule has 144 valence electrons. The summed E-state index contributed by atoms with van der Waals surface area (Å²) in [6, 6.07) is 0. The molecule has 2 fully saturated rings. The van der Waals surface area contributed by atoms with E-state index in [1.54, 1.807) is 23.3 Å². The number of hydrogen-bond acceptors (Lipinski definition) is 5. The Morgan fingerprint density at radius 2 is 2.07 bits per heavy atom. The van der Waals surface area contributed by atoms with E-state index in [-0.39, 0.29) is 17.2 Å². The monoisotopic (exact) mass is 371 g/mol. The van der Waals surface area contributed by atoms with E-state index >= 15 is 0 Å². The van der Waals surface area contributed by atoms with Crippen LogP contribution in [0.4, 0.5) is 0 Å². The minimum absolute atomic E-state index is 0.0121. The van der Waals surface area contributed by atoms with Crippen LogP contribution in [0.2, 0.25) is 0 Å². The number of rotatable bonds is 4. The lowest BCUT2D eigenvalue weighted by Gasteiger charge is -2.38. The number of nitrogens with zero attached hydrogens (tertiary/aromatic N) is 5. The summed E-state index contributed by atoms with van der Waals surface area (Å²) < 4.78 is 7.01. The van der Waals surface area contributed by atoms with Gasteiger partial charge < -0.3 is 18.9 Å². The van der Waals surface area contributed by atoms with Gasteiger partial charge in [0.15, 0.2) is 0 Å². The molecular formula is C19H25N5O3. The largest absolute Gasteiger partial charge is 0.361 e. The zero-order chi connectivity index (χ0) is 19.0. The van der Waals surface area contributed by atoms with E-state index in [4.69, 9.17) is 4.52 Å². The van der Waals surface area contributed by atoms with Gasteiger partial charge >= 0.3 is 0 Å². The number of piperidine rings is 1. The number of likely N-dealkylation sites (tertiary alicyclic amines) is 2. The fourth-order valence-corrected chi connectivity index (χ4v) is 4.25. The molecule has 27 heavy (non-hydrogen) atoms. The van der Waals surface area contributed by atoms with E-state index in [1.165, 1.54) is 0 Å². The fraction of sp³-hybridized carbons (Fsp3) is 0.579. The lowest BCUT2D eigenvalue weighted by atomic mass is 9.77. The molecule has 0 aliphatic carbocycles. The Kier molecular flexibility index (Phi) is 4.49. The van der Waals surface area contributed by atoms with Gasteiger partial charge in [0.1, 0.15) is 12.3 Å². The van der Waals surface area contributed by atoms with Gasteiger partial charge in [-0.2, -0.15) is 0 Å². The quantitative estimate of drug-likeness (QED) is 0.814. The molecule has 2 aromatic rings. The van der Waals surface area contributed by atoms with Crippen LogP contribution >= 0.6 is 0 Å². The van der Waals surface area contributed by atoms with Crippen LogP contribution in [0.25, 0.3) is 0 Å². The average molecular weight is 371 g/mol. The zero-order valence-electron chi connectivity index (χ0n) is 15.8. The van der Waals surface area contributed by atoms with Gasteiger partial charge in [0.05, 0.1) is 18.6 Å². The maximum atomic E-state index is 12.6. The smallest absolute Gasteiger partial charge is 0.242 e. The second-order valence-electron chi connectivity index (χ2n) is 7.85. The zero-order valence-corrected chi connectivity index (χ0v) is 15.8. The molecule has 0 unspecified atom stereocenters. The second kappa shape index (κ2) is 6.83. The van der Waals surface area contributed by atoms with E-state index in [9.17, 15) is 9.59 Å². The van der Waals surface area contributed by atoms with Gasteiger partial charge in [-0.25, -0.2) is 4.98 Å². The van der Waals surface area contributed by atoms with Crippen LogP contribution in [0.15, 0.2) is 23.2 Å². The van der Waals surface area contributed by atoms with Gasteiger partial charge in [-0.3, -0.25) is 9.59 Å². The Bertz CT molecular complexity index is 814. The van der Waals surface area contributed by atoms with Crippen LogP contribution in [0.3, 0.4) is 0 Å². The molecule has 2 aromatic heterocycles. The number of carbonyl (C=O) groups is 2. The first-order chi connectivity index (χ1) is 13.0. The molecule has 0 saturated carbocycles. The van der Waals surface area contributed by atoms with Crippen molar-refractivity contribution in [2.75, 3.05) is 19.6 Å². The molecule has 8 nitrogen and oxygen atoms in total. The SMILES string of the molecule is Cc1noc(C)c1CN1CC2(CCN(C(=O)Cn3ccnc3)CC2)CC1=O. The Morgan fingerprint density at radius 1 is 1.30 bits per heavy atom. The topological polar surface area (TPSA) is 84.5 Å². The van der Waals surface area contributed by atoms with Crippen molar-refractivity contribution in [2.45, 2.75) is 46.2 Å². The number of aryl methyl sites for hydroxylation is 2. The van der Waals surface area contributed by atoms with Crippen molar-refractivity contribution in [1.82, 2.24) is 24.5 Å². The minimum Gasteiger partial charge on any atom is -0.361 e. The van der Waals surface area contributed by atoms with Gasteiger partial charge in [0.2, 0.25) is 11.8 Å². The van der Waals surface area contributed by atoms with E-state index in [0.29, 0.717) is 32.6 Å². The van der Waals surface area contributed by atoms with Crippen molar-refractivity contribution < 1.29 is 14.1 Å². The van der Waals surface area contributed by atoms with Crippen LogP contribution in [-0.2, 0) is 22.7 Å². The van der Waals surface area contributed by atoms with Gasteiger partial charge in [0.25, 0.3) is 0 Å². The summed E-state index contributed by atoms with van der Waals surface area (Å²) >= 11 is 0. The Balaban J connectivity index is 1.36. The van der Waals surface area contributed by atoms with Crippen LogP contribution in [-0.4, -0.2) is 56.0 Å². The number of carbonyl (C=O) groups excluding carboxylic acids is 2. The van der Waals surface area contributed by atoms with Crippen LogP contribution in [0.1, 0.15) is 36.3 Å². The molecule has 4 rings (SSSR count). The van der Waals surface area contributed by atoms with Crippen molar-refractivity contribution in [2.24, 2.45) is 5.41 Å². The first kappa shape index (κ1) is 17.8. The summed E-state index contributed by atoms with van der Waals surface area (Å²) in [5.41, 5.74) is 1.84.